The Morgan fingerprint density at radius 2 is 1.67 bits per heavy atom. The molecule has 1 N–H and O–H groups in total. The average molecular weight is 571 g/mol. The highest BCUT2D eigenvalue weighted by molar-refractivity contribution is 7.12. The Balaban J connectivity index is 1.37. The summed E-state index contributed by atoms with van der Waals surface area (Å²) in [5.74, 6) is -0.101. The van der Waals surface area contributed by atoms with Crippen LogP contribution in [0.3, 0.4) is 0 Å². The lowest BCUT2D eigenvalue weighted by atomic mass is 9.35. The normalized spacial score (nSPS) is 39.1. The van der Waals surface area contributed by atoms with Crippen molar-refractivity contribution < 1.29 is 28.9 Å². The average Bonchev–Trinajstić information content (AvgIpc) is 3.67. The number of methoxy groups -OCH3 is 1. The van der Waals surface area contributed by atoms with Gasteiger partial charge in [0.25, 0.3) is 0 Å². The van der Waals surface area contributed by atoms with Gasteiger partial charge in [0.2, 0.25) is 0 Å². The molecule has 0 saturated heterocycles. The van der Waals surface area contributed by atoms with Gasteiger partial charge in [0.15, 0.2) is 0 Å². The topological polar surface area (TPSA) is 82.1 Å². The van der Waals surface area contributed by atoms with Crippen molar-refractivity contribution in [2.45, 2.75) is 64.1 Å². The summed E-state index contributed by atoms with van der Waals surface area (Å²) in [5.41, 5.74) is -0.0332. The fourth-order valence-electron chi connectivity index (χ4n) is 9.20. The third kappa shape index (κ3) is 4.16. The molecule has 0 aromatic carbocycles. The lowest BCUT2D eigenvalue weighted by molar-refractivity contribution is -0.270. The molecule has 1 spiro atoms. The van der Waals surface area contributed by atoms with E-state index in [1.54, 1.807) is 19.2 Å². The second-order valence-electron chi connectivity index (χ2n) is 12.5. The molecule has 0 radical (unpaired) electrons. The smallest absolute Gasteiger partial charge is 0.348 e. The summed E-state index contributed by atoms with van der Waals surface area (Å²) < 4.78 is 18.2. The Bertz CT molecular complexity index is 1220. The molecule has 5 saturated carbocycles. The van der Waals surface area contributed by atoms with E-state index in [-0.39, 0.29) is 47.3 Å². The van der Waals surface area contributed by atoms with Gasteiger partial charge >= 0.3 is 11.9 Å². The fraction of sp³-hybridized carbons (Fsp3) is 0.613. The summed E-state index contributed by atoms with van der Waals surface area (Å²) >= 11 is 2.77. The SMILES string of the molecule is C=C1[C@H]2CC[C@]3(C(C2)[C@]2(COC(=O)c4cccs4)CCC[C@@](C)(COC(=O)c4cccs4)C2C[C@H]3O)[C@H]1OC. The first-order chi connectivity index (χ1) is 18.7. The number of esters is 2. The van der Waals surface area contributed by atoms with Gasteiger partial charge in [0.05, 0.1) is 25.4 Å². The number of hydrogen-bond donors (Lipinski definition) is 1. The number of hydrogen-bond acceptors (Lipinski definition) is 8. The highest BCUT2D eigenvalue weighted by atomic mass is 32.1. The maximum Gasteiger partial charge on any atom is 0.348 e. The first-order valence-electron chi connectivity index (χ1n) is 14.1. The number of thiophene rings is 2. The number of rotatable bonds is 7. The Kier molecular flexibility index (Phi) is 7.06. The maximum absolute atomic E-state index is 13.1. The summed E-state index contributed by atoms with van der Waals surface area (Å²) in [4.78, 5) is 27.1. The van der Waals surface area contributed by atoms with Gasteiger partial charge in [-0.05, 0) is 84.7 Å². The summed E-state index contributed by atoms with van der Waals surface area (Å²) in [6.07, 6.45) is 5.38. The van der Waals surface area contributed by atoms with E-state index in [2.05, 4.69) is 13.5 Å². The second-order valence-corrected chi connectivity index (χ2v) is 14.4. The number of fused-ring (bicyclic) bond motifs is 3. The Labute approximate surface area is 238 Å². The van der Waals surface area contributed by atoms with Crippen molar-refractivity contribution >= 4 is 34.6 Å². The van der Waals surface area contributed by atoms with Crippen molar-refractivity contribution in [2.24, 2.45) is 34.0 Å². The summed E-state index contributed by atoms with van der Waals surface area (Å²) in [6.45, 7) is 7.22. The van der Waals surface area contributed by atoms with Crippen LogP contribution in [0.1, 0.15) is 71.2 Å². The number of carbonyl (C=O) groups excluding carboxylic acids is 2. The lowest BCUT2D eigenvalue weighted by Crippen LogP contribution is -2.71. The molecule has 5 fully saturated rings. The van der Waals surface area contributed by atoms with Gasteiger partial charge in [-0.1, -0.05) is 32.1 Å². The van der Waals surface area contributed by atoms with Crippen LogP contribution >= 0.6 is 22.7 Å². The van der Waals surface area contributed by atoms with Gasteiger partial charge in [-0.15, -0.1) is 22.7 Å². The molecule has 0 aliphatic heterocycles. The first kappa shape index (κ1) is 27.2. The molecule has 8 atom stereocenters. The van der Waals surface area contributed by atoms with E-state index in [0.29, 0.717) is 28.7 Å². The quantitative estimate of drug-likeness (QED) is 0.308. The predicted molar refractivity (Wildman–Crippen MR) is 151 cm³/mol. The zero-order chi connectivity index (χ0) is 27.4. The molecule has 39 heavy (non-hydrogen) atoms. The van der Waals surface area contributed by atoms with Gasteiger partial charge in [-0.2, -0.15) is 0 Å². The van der Waals surface area contributed by atoms with Crippen LogP contribution in [0.15, 0.2) is 47.2 Å². The Morgan fingerprint density at radius 3 is 2.28 bits per heavy atom. The van der Waals surface area contributed by atoms with E-state index in [9.17, 15) is 14.7 Å². The summed E-state index contributed by atoms with van der Waals surface area (Å²) in [5, 5.41) is 15.8. The van der Waals surface area contributed by atoms with Crippen molar-refractivity contribution in [2.75, 3.05) is 20.3 Å². The largest absolute Gasteiger partial charge is 0.461 e. The minimum atomic E-state index is -0.568. The third-order valence-electron chi connectivity index (χ3n) is 10.8. The van der Waals surface area contributed by atoms with Gasteiger partial charge in [-0.25, -0.2) is 9.59 Å². The molecule has 5 aliphatic carbocycles. The zero-order valence-corrected chi connectivity index (χ0v) is 24.4. The molecule has 2 heterocycles. The van der Waals surface area contributed by atoms with E-state index in [4.69, 9.17) is 14.2 Å². The predicted octanol–water partition coefficient (Wildman–Crippen LogP) is 6.37. The van der Waals surface area contributed by atoms with Crippen molar-refractivity contribution in [3.05, 3.63) is 56.9 Å². The van der Waals surface area contributed by atoms with Crippen LogP contribution in [0.2, 0.25) is 0 Å². The molecule has 2 unspecified atom stereocenters. The van der Waals surface area contributed by atoms with E-state index in [1.807, 2.05) is 22.9 Å². The monoisotopic (exact) mass is 570 g/mol. The van der Waals surface area contributed by atoms with Crippen LogP contribution in [0.25, 0.3) is 0 Å². The maximum atomic E-state index is 13.1. The molecule has 2 aromatic heterocycles. The van der Waals surface area contributed by atoms with E-state index >= 15 is 0 Å². The lowest BCUT2D eigenvalue weighted by Gasteiger charge is -2.71. The van der Waals surface area contributed by atoms with Crippen LogP contribution in [-0.4, -0.2) is 49.6 Å². The van der Waals surface area contributed by atoms with Crippen molar-refractivity contribution in [1.82, 2.24) is 0 Å². The number of aliphatic hydroxyl groups excluding tert-OH is 1. The highest BCUT2D eigenvalue weighted by Gasteiger charge is 2.71. The molecular weight excluding hydrogens is 532 g/mol. The number of aliphatic hydroxyl groups is 1. The minimum absolute atomic E-state index is 0.0294. The number of ether oxygens (including phenoxy) is 3. The molecule has 210 valence electrons. The van der Waals surface area contributed by atoms with Gasteiger partial charge < -0.3 is 19.3 Å². The Hall–Kier alpha value is -2.00. The molecule has 2 aromatic rings. The minimum Gasteiger partial charge on any atom is -0.461 e. The molecular formula is C31H38O6S2. The fourth-order valence-corrected chi connectivity index (χ4v) is 10.4. The van der Waals surface area contributed by atoms with E-state index < -0.39 is 11.5 Å². The molecule has 0 amide bonds. The molecule has 6 nitrogen and oxygen atoms in total. The summed E-state index contributed by atoms with van der Waals surface area (Å²) in [6, 6.07) is 7.31. The second kappa shape index (κ2) is 10.1. The van der Waals surface area contributed by atoms with E-state index in [0.717, 1.165) is 44.1 Å². The van der Waals surface area contributed by atoms with Gasteiger partial charge in [0.1, 0.15) is 9.75 Å². The van der Waals surface area contributed by atoms with Crippen LogP contribution in [0.4, 0.5) is 0 Å². The Morgan fingerprint density at radius 1 is 1.00 bits per heavy atom. The van der Waals surface area contributed by atoms with Crippen molar-refractivity contribution in [1.29, 1.82) is 0 Å². The van der Waals surface area contributed by atoms with E-state index in [1.165, 1.54) is 22.7 Å². The van der Waals surface area contributed by atoms with Crippen LogP contribution in [0.5, 0.6) is 0 Å². The molecule has 5 aliphatic rings. The molecule has 7 rings (SSSR count). The third-order valence-corrected chi connectivity index (χ3v) is 12.5. The highest BCUT2D eigenvalue weighted by Crippen LogP contribution is 2.72. The van der Waals surface area contributed by atoms with Crippen molar-refractivity contribution in [3.8, 4) is 0 Å². The zero-order valence-electron chi connectivity index (χ0n) is 22.7. The standard InChI is InChI=1S/C31H38O6S2/c1-19-20-9-12-31(26(19)35-3)24(15-20)30(18-37-28(34)22-8-5-14-39-22)11-6-10-29(2,23(30)16-25(31)32)17-36-27(33)21-7-4-13-38-21/h4-5,7-8,13-14,20,23-26,32H,1,6,9-12,15-18H2,2-3H3/t20-,23?,24?,25+,26-,29-,30-,31+/m0/s1. The molecule has 8 heteroatoms. The first-order valence-corrected chi connectivity index (χ1v) is 15.8. The summed E-state index contributed by atoms with van der Waals surface area (Å²) in [7, 11) is 1.74. The van der Waals surface area contributed by atoms with Gasteiger partial charge in [0, 0.05) is 23.4 Å². The number of carbonyl (C=O) groups is 2. The van der Waals surface area contributed by atoms with Crippen LogP contribution < -0.4 is 0 Å². The van der Waals surface area contributed by atoms with Crippen LogP contribution in [-0.2, 0) is 14.2 Å². The van der Waals surface area contributed by atoms with Crippen LogP contribution in [0, 0.1) is 34.0 Å². The molecule has 2 bridgehead atoms. The van der Waals surface area contributed by atoms with Crippen molar-refractivity contribution in [3.63, 3.8) is 0 Å². The van der Waals surface area contributed by atoms with Gasteiger partial charge in [-0.3, -0.25) is 0 Å².